The van der Waals surface area contributed by atoms with Crippen molar-refractivity contribution >= 4 is 6.08 Å². The Morgan fingerprint density at radius 3 is 1.33 bits per heavy atom. The summed E-state index contributed by atoms with van der Waals surface area (Å²) in [5.41, 5.74) is 4.21. The lowest BCUT2D eigenvalue weighted by atomic mass is 10.1. The molecule has 0 atom stereocenters. The first-order valence-electron chi connectivity index (χ1n) is 11.1. The first-order valence-corrected chi connectivity index (χ1v) is 11.1. The molecule has 0 aliphatic heterocycles. The fourth-order valence-corrected chi connectivity index (χ4v) is 3.44. The van der Waals surface area contributed by atoms with E-state index in [0.717, 1.165) is 33.8 Å². The maximum Gasteiger partial charge on any atom is 0.134 e. The summed E-state index contributed by atoms with van der Waals surface area (Å²) in [6, 6.07) is 34.3. The van der Waals surface area contributed by atoms with E-state index in [2.05, 4.69) is 24.3 Å². The van der Waals surface area contributed by atoms with E-state index < -0.39 is 0 Å². The van der Waals surface area contributed by atoms with Crippen molar-refractivity contribution in [3.8, 4) is 17.2 Å². The molecule has 3 nitrogen and oxygen atoms in total. The highest BCUT2D eigenvalue weighted by molar-refractivity contribution is 5.66. The Labute approximate surface area is 195 Å². The third-order valence-corrected chi connectivity index (χ3v) is 5.13. The molecule has 0 amide bonds. The summed E-state index contributed by atoms with van der Waals surface area (Å²) in [5.74, 6) is 2.16. The maximum atomic E-state index is 6.25. The van der Waals surface area contributed by atoms with Gasteiger partial charge in [-0.2, -0.15) is 0 Å². The largest absolute Gasteiger partial charge is 0.489 e. The first kappa shape index (κ1) is 22.2. The molecule has 33 heavy (non-hydrogen) atoms. The third kappa shape index (κ3) is 6.50. The van der Waals surface area contributed by atoms with Gasteiger partial charge in [0, 0.05) is 12.1 Å². The molecule has 0 bridgehead atoms. The molecule has 0 aliphatic rings. The van der Waals surface area contributed by atoms with Gasteiger partial charge in [-0.05, 0) is 23.6 Å². The van der Waals surface area contributed by atoms with Crippen LogP contribution in [-0.2, 0) is 19.8 Å². The van der Waals surface area contributed by atoms with Crippen LogP contribution in [0.3, 0.4) is 0 Å². The summed E-state index contributed by atoms with van der Waals surface area (Å²) in [7, 11) is 0. The van der Waals surface area contributed by atoms with Gasteiger partial charge in [0.15, 0.2) is 0 Å². The van der Waals surface area contributed by atoms with Gasteiger partial charge in [0.1, 0.15) is 37.1 Å². The topological polar surface area (TPSA) is 27.7 Å². The molecule has 0 unspecified atom stereocenters. The third-order valence-electron chi connectivity index (χ3n) is 5.13. The van der Waals surface area contributed by atoms with Crippen LogP contribution < -0.4 is 14.2 Å². The van der Waals surface area contributed by atoms with Gasteiger partial charge < -0.3 is 14.2 Å². The number of ether oxygens (including phenoxy) is 3. The summed E-state index contributed by atoms with van der Waals surface area (Å²) in [6.07, 6.45) is 4.01. The molecule has 0 heterocycles. The van der Waals surface area contributed by atoms with Crippen molar-refractivity contribution in [1.29, 1.82) is 0 Å². The highest BCUT2D eigenvalue weighted by Gasteiger charge is 2.14. The molecule has 0 saturated carbocycles. The van der Waals surface area contributed by atoms with Gasteiger partial charge in [0.2, 0.25) is 0 Å². The number of rotatable bonds is 10. The normalized spacial score (nSPS) is 10.8. The number of hydrogen-bond donors (Lipinski definition) is 0. The predicted octanol–water partition coefficient (Wildman–Crippen LogP) is 7.46. The van der Waals surface area contributed by atoms with Gasteiger partial charge in [0.25, 0.3) is 0 Å². The lowest BCUT2D eigenvalue weighted by Crippen LogP contribution is -2.03. The van der Waals surface area contributed by atoms with Crippen LogP contribution in [-0.4, -0.2) is 0 Å². The van der Waals surface area contributed by atoms with E-state index in [0.29, 0.717) is 25.6 Å². The van der Waals surface area contributed by atoms with Gasteiger partial charge in [0.05, 0.1) is 5.56 Å². The van der Waals surface area contributed by atoms with E-state index >= 15 is 0 Å². The minimum Gasteiger partial charge on any atom is -0.489 e. The Hall–Kier alpha value is -3.98. The summed E-state index contributed by atoms with van der Waals surface area (Å²) in [4.78, 5) is 0. The Kier molecular flexibility index (Phi) is 7.80. The molecule has 0 N–H and O–H groups in total. The Morgan fingerprint density at radius 2 is 0.939 bits per heavy atom. The van der Waals surface area contributed by atoms with E-state index in [1.165, 1.54) is 0 Å². The van der Waals surface area contributed by atoms with Crippen LogP contribution in [0.25, 0.3) is 6.08 Å². The van der Waals surface area contributed by atoms with Gasteiger partial charge >= 0.3 is 0 Å². The number of benzene rings is 4. The lowest BCUT2D eigenvalue weighted by Gasteiger charge is -2.17. The first-order chi connectivity index (χ1) is 16.3. The molecule has 0 radical (unpaired) electrons. The van der Waals surface area contributed by atoms with Crippen molar-refractivity contribution in [3.63, 3.8) is 0 Å². The van der Waals surface area contributed by atoms with Crippen molar-refractivity contribution in [2.45, 2.75) is 26.7 Å². The fourth-order valence-electron chi connectivity index (χ4n) is 3.44. The summed E-state index contributed by atoms with van der Waals surface area (Å²) < 4.78 is 18.6. The Balaban J connectivity index is 1.61. The predicted molar refractivity (Wildman–Crippen MR) is 133 cm³/mol. The van der Waals surface area contributed by atoms with Crippen molar-refractivity contribution < 1.29 is 14.2 Å². The Morgan fingerprint density at radius 1 is 0.545 bits per heavy atom. The second-order valence-electron chi connectivity index (χ2n) is 7.66. The summed E-state index contributed by atoms with van der Waals surface area (Å²) >= 11 is 0. The molecule has 4 rings (SSSR count). The van der Waals surface area contributed by atoms with Crippen molar-refractivity contribution in [2.75, 3.05) is 0 Å². The Bertz CT molecular complexity index is 1090. The maximum absolute atomic E-state index is 6.25. The summed E-state index contributed by atoms with van der Waals surface area (Å²) in [5, 5.41) is 0. The van der Waals surface area contributed by atoms with Gasteiger partial charge in [-0.1, -0.05) is 103 Å². The number of allylic oxidation sites excluding steroid dienone is 1. The van der Waals surface area contributed by atoms with Crippen LogP contribution in [0.4, 0.5) is 0 Å². The van der Waals surface area contributed by atoms with Crippen LogP contribution >= 0.6 is 0 Å². The standard InChI is InChI=1S/C30H28O3/c1-2-12-28-29(32-22-25-15-8-4-9-16-25)19-27(31-21-24-13-6-3-7-14-24)20-30(28)33-23-26-17-10-5-11-18-26/h2-20H,21-23H2,1H3/b12-2+. The molecule has 0 spiro atoms. The van der Waals surface area contributed by atoms with E-state index in [-0.39, 0.29) is 0 Å². The second-order valence-corrected chi connectivity index (χ2v) is 7.66. The molecular weight excluding hydrogens is 408 g/mol. The SMILES string of the molecule is C/C=C/c1c(OCc2ccccc2)cc(OCc2ccccc2)cc1OCc1ccccc1. The zero-order chi connectivity index (χ0) is 22.7. The highest BCUT2D eigenvalue weighted by Crippen LogP contribution is 2.37. The molecule has 166 valence electrons. The quantitative estimate of drug-likeness (QED) is 0.258. The van der Waals surface area contributed by atoms with E-state index in [4.69, 9.17) is 14.2 Å². The highest BCUT2D eigenvalue weighted by atomic mass is 16.5. The average Bonchev–Trinajstić information content (AvgIpc) is 2.88. The zero-order valence-corrected chi connectivity index (χ0v) is 18.8. The molecule has 4 aromatic rings. The van der Waals surface area contributed by atoms with E-state index in [1.807, 2.05) is 97.9 Å². The van der Waals surface area contributed by atoms with Gasteiger partial charge in [-0.15, -0.1) is 0 Å². The van der Waals surface area contributed by atoms with Gasteiger partial charge in [-0.3, -0.25) is 0 Å². The molecule has 3 heteroatoms. The molecule has 0 saturated heterocycles. The average molecular weight is 437 g/mol. The van der Waals surface area contributed by atoms with Crippen molar-refractivity contribution in [3.05, 3.63) is 131 Å². The van der Waals surface area contributed by atoms with E-state index in [9.17, 15) is 0 Å². The smallest absolute Gasteiger partial charge is 0.134 e. The number of hydrogen-bond acceptors (Lipinski definition) is 3. The van der Waals surface area contributed by atoms with Crippen LogP contribution in [0.2, 0.25) is 0 Å². The fraction of sp³-hybridized carbons (Fsp3) is 0.133. The second kappa shape index (κ2) is 11.6. The zero-order valence-electron chi connectivity index (χ0n) is 18.8. The molecule has 4 aromatic carbocycles. The van der Waals surface area contributed by atoms with Gasteiger partial charge in [-0.25, -0.2) is 0 Å². The minimum atomic E-state index is 0.464. The van der Waals surface area contributed by atoms with Crippen molar-refractivity contribution in [1.82, 2.24) is 0 Å². The van der Waals surface area contributed by atoms with Crippen LogP contribution in [0.1, 0.15) is 29.2 Å². The molecule has 0 aliphatic carbocycles. The lowest BCUT2D eigenvalue weighted by molar-refractivity contribution is 0.274. The van der Waals surface area contributed by atoms with Crippen LogP contribution in [0, 0.1) is 0 Å². The molecule has 0 fully saturated rings. The molecule has 0 aromatic heterocycles. The minimum absolute atomic E-state index is 0.464. The van der Waals surface area contributed by atoms with Crippen LogP contribution in [0.15, 0.2) is 109 Å². The monoisotopic (exact) mass is 436 g/mol. The summed E-state index contributed by atoms with van der Waals surface area (Å²) in [6.45, 7) is 3.39. The van der Waals surface area contributed by atoms with E-state index in [1.54, 1.807) is 0 Å². The van der Waals surface area contributed by atoms with Crippen LogP contribution in [0.5, 0.6) is 17.2 Å². The van der Waals surface area contributed by atoms with Crippen molar-refractivity contribution in [2.24, 2.45) is 0 Å². The molecular formula is C30H28O3.